The first-order valence-corrected chi connectivity index (χ1v) is 12.5. The smallest absolute Gasteiger partial charge is 0.323 e. The molecule has 15 nitrogen and oxygen atoms in total. The normalized spacial score (nSPS) is 12.6. The highest BCUT2D eigenvalue weighted by Gasteiger charge is 2.38. The fourth-order valence-electron chi connectivity index (χ4n) is 4.03. The highest BCUT2D eigenvalue weighted by molar-refractivity contribution is 5.94. The van der Waals surface area contributed by atoms with Gasteiger partial charge in [0, 0.05) is 31.7 Å². The van der Waals surface area contributed by atoms with Crippen molar-refractivity contribution in [1.82, 2.24) is 20.4 Å². The van der Waals surface area contributed by atoms with Crippen LogP contribution in [-0.4, -0.2) is 129 Å². The Balaban J connectivity index is 2.93. The van der Waals surface area contributed by atoms with Crippen molar-refractivity contribution in [2.24, 2.45) is 0 Å². The van der Waals surface area contributed by atoms with E-state index >= 15 is 0 Å². The minimum absolute atomic E-state index is 0.00931. The minimum Gasteiger partial charge on any atom is -0.480 e. The Morgan fingerprint density at radius 3 is 1.62 bits per heavy atom. The van der Waals surface area contributed by atoms with Gasteiger partial charge in [-0.2, -0.15) is 0 Å². The van der Waals surface area contributed by atoms with Gasteiger partial charge in [0.1, 0.15) is 5.54 Å². The summed E-state index contributed by atoms with van der Waals surface area (Å²) in [4.78, 5) is 71.4. The van der Waals surface area contributed by atoms with E-state index < -0.39 is 61.6 Å². The standard InChI is InChI=1S/C25H36N4O11/c30-19(31)14-28(15-20(32)33)12-9-25(24(39)40,27-11-13-29(16-21(34)35)17-22(36)37)8-4-5-10-26-23(38)18-6-2-1-3-7-18/h1-3,6-7,27H,4-5,8-17H2,(H,26,38)(H,30,31)(H,32,33)(H,34,35)(H,36,37)(H,39,40)/t25-/m1/s1. The zero-order valence-corrected chi connectivity index (χ0v) is 22.0. The molecular weight excluding hydrogens is 532 g/mol. The van der Waals surface area contributed by atoms with Crippen molar-refractivity contribution in [3.63, 3.8) is 0 Å². The van der Waals surface area contributed by atoms with Gasteiger partial charge in [0.25, 0.3) is 5.91 Å². The molecule has 0 aliphatic rings. The fraction of sp³-hybridized carbons (Fsp3) is 0.520. The largest absolute Gasteiger partial charge is 0.480 e. The molecule has 0 bridgehead atoms. The predicted octanol–water partition coefficient (Wildman–Crippen LogP) is -0.668. The molecule has 0 saturated carbocycles. The lowest BCUT2D eigenvalue weighted by molar-refractivity contribution is -0.147. The minimum atomic E-state index is -1.67. The Bertz CT molecular complexity index is 989. The van der Waals surface area contributed by atoms with Gasteiger partial charge < -0.3 is 36.2 Å². The van der Waals surface area contributed by atoms with Gasteiger partial charge in [-0.25, -0.2) is 0 Å². The van der Waals surface area contributed by atoms with Crippen molar-refractivity contribution in [3.05, 3.63) is 35.9 Å². The molecule has 1 atom stereocenters. The molecule has 40 heavy (non-hydrogen) atoms. The first-order chi connectivity index (χ1) is 18.8. The number of carbonyl (C=O) groups excluding carboxylic acids is 1. The van der Waals surface area contributed by atoms with E-state index in [9.17, 15) is 33.9 Å². The van der Waals surface area contributed by atoms with Crippen molar-refractivity contribution in [2.45, 2.75) is 31.2 Å². The van der Waals surface area contributed by atoms with Crippen LogP contribution >= 0.6 is 0 Å². The Morgan fingerprint density at radius 1 is 0.650 bits per heavy atom. The number of unbranched alkanes of at least 4 members (excludes halogenated alkanes) is 1. The van der Waals surface area contributed by atoms with Crippen LogP contribution < -0.4 is 10.6 Å². The van der Waals surface area contributed by atoms with E-state index in [1.165, 1.54) is 0 Å². The second-order valence-corrected chi connectivity index (χ2v) is 9.14. The molecule has 0 unspecified atom stereocenters. The van der Waals surface area contributed by atoms with E-state index in [-0.39, 0.29) is 44.9 Å². The maximum absolute atomic E-state index is 12.5. The number of nitrogens with zero attached hydrogens (tertiary/aromatic N) is 2. The Morgan fingerprint density at radius 2 is 1.15 bits per heavy atom. The summed E-state index contributed by atoms with van der Waals surface area (Å²) in [6, 6.07) is 8.49. The molecule has 7 N–H and O–H groups in total. The topological polar surface area (TPSA) is 234 Å². The highest BCUT2D eigenvalue weighted by atomic mass is 16.4. The molecule has 15 heteroatoms. The van der Waals surface area contributed by atoms with Gasteiger partial charge in [-0.1, -0.05) is 18.2 Å². The number of carboxylic acids is 5. The maximum Gasteiger partial charge on any atom is 0.323 e. The van der Waals surface area contributed by atoms with Crippen molar-refractivity contribution in [1.29, 1.82) is 0 Å². The van der Waals surface area contributed by atoms with Gasteiger partial charge >= 0.3 is 29.8 Å². The predicted molar refractivity (Wildman–Crippen MR) is 139 cm³/mol. The third kappa shape index (κ3) is 13.6. The summed E-state index contributed by atoms with van der Waals surface area (Å²) in [5.41, 5.74) is -1.20. The number of aliphatic carboxylic acids is 5. The van der Waals surface area contributed by atoms with Gasteiger partial charge in [-0.3, -0.25) is 38.6 Å². The van der Waals surface area contributed by atoms with Crippen molar-refractivity contribution >= 4 is 35.8 Å². The summed E-state index contributed by atoms with van der Waals surface area (Å²) < 4.78 is 0. The van der Waals surface area contributed by atoms with Gasteiger partial charge in [0.15, 0.2) is 0 Å². The molecule has 1 aromatic carbocycles. The third-order valence-electron chi connectivity index (χ3n) is 5.94. The number of benzene rings is 1. The molecule has 0 aliphatic carbocycles. The number of hydrogen-bond acceptors (Lipinski definition) is 9. The second kappa shape index (κ2) is 17.5. The fourth-order valence-corrected chi connectivity index (χ4v) is 4.03. The van der Waals surface area contributed by atoms with E-state index in [2.05, 4.69) is 10.6 Å². The van der Waals surface area contributed by atoms with Crippen LogP contribution in [0.4, 0.5) is 0 Å². The number of amides is 1. The summed E-state index contributed by atoms with van der Waals surface area (Å²) in [5, 5.41) is 52.0. The molecule has 222 valence electrons. The van der Waals surface area contributed by atoms with Crippen LogP contribution in [0.3, 0.4) is 0 Å². The van der Waals surface area contributed by atoms with Crippen molar-refractivity contribution in [2.75, 3.05) is 52.4 Å². The molecule has 0 radical (unpaired) electrons. The Kier molecular flexibility index (Phi) is 14.8. The van der Waals surface area contributed by atoms with Crippen LogP contribution in [0.15, 0.2) is 30.3 Å². The molecule has 0 fully saturated rings. The number of carbonyl (C=O) groups is 6. The SMILES string of the molecule is O=C(O)CN(CCN[C@](CCCCNC(=O)c1ccccc1)(CCN(CC(=O)O)CC(=O)O)C(=O)O)CC(=O)O. The summed E-state index contributed by atoms with van der Waals surface area (Å²) in [5.74, 6) is -6.69. The molecule has 0 aliphatic heterocycles. The van der Waals surface area contributed by atoms with Crippen LogP contribution in [0, 0.1) is 0 Å². The van der Waals surface area contributed by atoms with Crippen LogP contribution in [0.25, 0.3) is 0 Å². The second-order valence-electron chi connectivity index (χ2n) is 9.14. The Hall–Kier alpha value is -4.08. The molecule has 0 saturated heterocycles. The van der Waals surface area contributed by atoms with E-state index in [4.69, 9.17) is 20.4 Å². The van der Waals surface area contributed by atoms with Crippen LogP contribution in [0.2, 0.25) is 0 Å². The van der Waals surface area contributed by atoms with Crippen LogP contribution in [-0.2, 0) is 24.0 Å². The van der Waals surface area contributed by atoms with Gasteiger partial charge in [-0.15, -0.1) is 0 Å². The summed E-state index contributed by atoms with van der Waals surface area (Å²) in [7, 11) is 0. The lowest BCUT2D eigenvalue weighted by Crippen LogP contribution is -2.56. The lowest BCUT2D eigenvalue weighted by Gasteiger charge is -2.33. The monoisotopic (exact) mass is 568 g/mol. The zero-order chi connectivity index (χ0) is 30.1. The van der Waals surface area contributed by atoms with E-state index in [1.54, 1.807) is 30.3 Å². The lowest BCUT2D eigenvalue weighted by atomic mass is 9.88. The first-order valence-electron chi connectivity index (χ1n) is 12.5. The highest BCUT2D eigenvalue weighted by Crippen LogP contribution is 2.21. The molecule has 0 spiro atoms. The first kappa shape index (κ1) is 33.9. The van der Waals surface area contributed by atoms with E-state index in [1.807, 2.05) is 0 Å². The van der Waals surface area contributed by atoms with Crippen LogP contribution in [0.5, 0.6) is 0 Å². The van der Waals surface area contributed by atoms with Gasteiger partial charge in [0.2, 0.25) is 0 Å². The van der Waals surface area contributed by atoms with E-state index in [0.29, 0.717) is 18.4 Å². The number of hydrogen-bond donors (Lipinski definition) is 7. The van der Waals surface area contributed by atoms with Gasteiger partial charge in [-0.05, 0) is 37.8 Å². The average molecular weight is 569 g/mol. The molecule has 0 heterocycles. The molecule has 1 rings (SSSR count). The maximum atomic E-state index is 12.5. The van der Waals surface area contributed by atoms with E-state index in [0.717, 1.165) is 9.80 Å². The number of rotatable bonds is 22. The molecule has 1 aromatic rings. The molecular formula is C25H36N4O11. The van der Waals surface area contributed by atoms with Crippen molar-refractivity contribution in [3.8, 4) is 0 Å². The van der Waals surface area contributed by atoms with Crippen molar-refractivity contribution < 1.29 is 54.3 Å². The number of carboxylic acid groups (broad SMARTS) is 5. The zero-order valence-electron chi connectivity index (χ0n) is 22.0. The third-order valence-corrected chi connectivity index (χ3v) is 5.94. The summed E-state index contributed by atoms with van der Waals surface area (Å²) >= 11 is 0. The number of nitrogens with one attached hydrogen (secondary N) is 2. The quantitative estimate of drug-likeness (QED) is 0.0860. The average Bonchev–Trinajstić information content (AvgIpc) is 2.85. The summed E-state index contributed by atoms with van der Waals surface area (Å²) in [6.45, 7) is -2.60. The summed E-state index contributed by atoms with van der Waals surface area (Å²) in [6.07, 6.45) is 0.514. The molecule has 0 aromatic heterocycles. The molecule has 1 amide bonds. The Labute approximate surface area is 230 Å². The van der Waals surface area contributed by atoms with Gasteiger partial charge in [0.05, 0.1) is 26.2 Å². The van der Waals surface area contributed by atoms with Crippen LogP contribution in [0.1, 0.15) is 36.0 Å².